The summed E-state index contributed by atoms with van der Waals surface area (Å²) in [5, 5.41) is 12.8. The third kappa shape index (κ3) is 8.04. The third-order valence-corrected chi connectivity index (χ3v) is 5.56. The Bertz CT molecular complexity index is 1120. The van der Waals surface area contributed by atoms with Crippen LogP contribution in [0.3, 0.4) is 0 Å². The second-order valence-electron chi connectivity index (χ2n) is 8.60. The predicted octanol–water partition coefficient (Wildman–Crippen LogP) is 2.52. The van der Waals surface area contributed by atoms with E-state index < -0.39 is 0 Å². The van der Waals surface area contributed by atoms with Crippen molar-refractivity contribution in [2.45, 2.75) is 19.8 Å². The molecule has 10 heteroatoms. The van der Waals surface area contributed by atoms with Crippen LogP contribution in [0.25, 0.3) is 0 Å². The van der Waals surface area contributed by atoms with Gasteiger partial charge >= 0.3 is 0 Å². The average molecular weight is 510 g/mol. The molecule has 0 radical (unpaired) electrons. The molecular formula is C27H35N5O5. The van der Waals surface area contributed by atoms with Crippen molar-refractivity contribution in [3.8, 4) is 11.5 Å². The monoisotopic (exact) mass is 509 g/mol. The number of carbonyl (C=O) groups excluding carboxylic acids is 2. The molecule has 1 aliphatic heterocycles. The first-order valence-corrected chi connectivity index (χ1v) is 12.3. The Labute approximate surface area is 217 Å². The van der Waals surface area contributed by atoms with Gasteiger partial charge in [0.2, 0.25) is 0 Å². The zero-order valence-electron chi connectivity index (χ0n) is 21.9. The van der Waals surface area contributed by atoms with Gasteiger partial charge < -0.3 is 24.5 Å². The summed E-state index contributed by atoms with van der Waals surface area (Å²) in [6.45, 7) is 3.68. The van der Waals surface area contributed by atoms with Crippen LogP contribution in [0.4, 0.5) is 0 Å². The molecule has 1 aliphatic rings. The topological polar surface area (TPSA) is 105 Å². The molecule has 0 fully saturated rings. The standard InChI is InChI=1S/C27H35N5O5/c1-5-36-24-18-21(13-14-23(24)35-4)22-12-9-16-32(29-22)25(33)19-37-30-26(20-10-7-6-8-11-20)27(34)28-15-17-31(2)3/h6-8,10-11,13-14,18H,5,9,12,15-17,19H2,1-4H3,(H,28,34)/b30-26+. The van der Waals surface area contributed by atoms with Crippen molar-refractivity contribution >= 4 is 23.2 Å². The molecule has 0 saturated carbocycles. The summed E-state index contributed by atoms with van der Waals surface area (Å²) in [5.74, 6) is 0.549. The van der Waals surface area contributed by atoms with E-state index in [2.05, 4.69) is 15.6 Å². The van der Waals surface area contributed by atoms with Crippen molar-refractivity contribution in [3.05, 3.63) is 59.7 Å². The van der Waals surface area contributed by atoms with Gasteiger partial charge in [0.1, 0.15) is 0 Å². The van der Waals surface area contributed by atoms with Gasteiger partial charge in [-0.05, 0) is 52.1 Å². The molecule has 10 nitrogen and oxygen atoms in total. The van der Waals surface area contributed by atoms with Crippen molar-refractivity contribution in [1.29, 1.82) is 0 Å². The van der Waals surface area contributed by atoms with E-state index in [0.29, 0.717) is 43.3 Å². The van der Waals surface area contributed by atoms with E-state index in [9.17, 15) is 9.59 Å². The van der Waals surface area contributed by atoms with Gasteiger partial charge in [-0.1, -0.05) is 35.5 Å². The Morgan fingerprint density at radius 1 is 1.14 bits per heavy atom. The zero-order valence-corrected chi connectivity index (χ0v) is 21.9. The highest BCUT2D eigenvalue weighted by atomic mass is 16.6. The summed E-state index contributed by atoms with van der Waals surface area (Å²) in [5.41, 5.74) is 2.34. The fourth-order valence-corrected chi connectivity index (χ4v) is 3.67. The molecule has 0 atom stereocenters. The van der Waals surface area contributed by atoms with Crippen LogP contribution >= 0.6 is 0 Å². The lowest BCUT2D eigenvalue weighted by atomic mass is 10.0. The van der Waals surface area contributed by atoms with Gasteiger partial charge in [0.05, 0.1) is 19.4 Å². The highest BCUT2D eigenvalue weighted by molar-refractivity contribution is 6.45. The SMILES string of the molecule is CCOc1cc(C2=NN(C(=O)CO/N=C(/C(=O)NCCN(C)C)c3ccccc3)CCC2)ccc1OC. The lowest BCUT2D eigenvalue weighted by molar-refractivity contribution is -0.136. The average Bonchev–Trinajstić information content (AvgIpc) is 2.91. The summed E-state index contributed by atoms with van der Waals surface area (Å²) in [7, 11) is 5.44. The van der Waals surface area contributed by atoms with Crippen molar-refractivity contribution in [2.24, 2.45) is 10.3 Å². The van der Waals surface area contributed by atoms with Crippen LogP contribution in [0.5, 0.6) is 11.5 Å². The van der Waals surface area contributed by atoms with Crippen LogP contribution in [-0.2, 0) is 14.4 Å². The first kappa shape index (κ1) is 27.7. The molecule has 0 aromatic heterocycles. The van der Waals surface area contributed by atoms with Crippen LogP contribution in [-0.4, -0.2) is 87.2 Å². The molecule has 0 bridgehead atoms. The number of benzene rings is 2. The number of carbonyl (C=O) groups is 2. The van der Waals surface area contributed by atoms with E-state index in [1.165, 1.54) is 5.01 Å². The van der Waals surface area contributed by atoms with Crippen LogP contribution in [0.1, 0.15) is 30.9 Å². The Balaban J connectivity index is 1.69. The Morgan fingerprint density at radius 3 is 2.62 bits per heavy atom. The molecular weight excluding hydrogens is 474 g/mol. The second-order valence-corrected chi connectivity index (χ2v) is 8.60. The minimum absolute atomic E-state index is 0.108. The van der Waals surface area contributed by atoms with E-state index in [-0.39, 0.29) is 24.1 Å². The van der Waals surface area contributed by atoms with Crippen LogP contribution < -0.4 is 14.8 Å². The summed E-state index contributed by atoms with van der Waals surface area (Å²) in [6.07, 6.45) is 1.49. The van der Waals surface area contributed by atoms with Crippen LogP contribution in [0, 0.1) is 0 Å². The number of nitrogens with zero attached hydrogens (tertiary/aromatic N) is 4. The van der Waals surface area contributed by atoms with E-state index >= 15 is 0 Å². The highest BCUT2D eigenvalue weighted by Crippen LogP contribution is 2.29. The van der Waals surface area contributed by atoms with Crippen molar-refractivity contribution in [2.75, 3.05) is 54.1 Å². The zero-order chi connectivity index (χ0) is 26.6. The number of hydrogen-bond donors (Lipinski definition) is 1. The van der Waals surface area contributed by atoms with Gasteiger partial charge in [-0.25, -0.2) is 5.01 Å². The summed E-state index contributed by atoms with van der Waals surface area (Å²) >= 11 is 0. The van der Waals surface area contributed by atoms with Crippen molar-refractivity contribution < 1.29 is 23.9 Å². The molecule has 0 spiro atoms. The fourth-order valence-electron chi connectivity index (χ4n) is 3.67. The van der Waals surface area contributed by atoms with Gasteiger partial charge in [0.25, 0.3) is 11.8 Å². The second kappa shape index (κ2) is 14.0. The van der Waals surface area contributed by atoms with Gasteiger partial charge in [0.15, 0.2) is 23.8 Å². The Morgan fingerprint density at radius 2 is 1.92 bits per heavy atom. The maximum atomic E-state index is 12.9. The van der Waals surface area contributed by atoms with Gasteiger partial charge in [-0.15, -0.1) is 0 Å². The number of methoxy groups -OCH3 is 1. The lowest BCUT2D eigenvalue weighted by Gasteiger charge is -2.23. The number of rotatable bonds is 12. The number of nitrogens with one attached hydrogen (secondary N) is 1. The Kier molecular flexibility index (Phi) is 10.5. The van der Waals surface area contributed by atoms with Crippen molar-refractivity contribution in [1.82, 2.24) is 15.2 Å². The van der Waals surface area contributed by atoms with Crippen LogP contribution in [0.2, 0.25) is 0 Å². The maximum absolute atomic E-state index is 12.9. The van der Waals surface area contributed by atoms with E-state index in [0.717, 1.165) is 24.1 Å². The van der Waals surface area contributed by atoms with E-state index in [1.54, 1.807) is 19.2 Å². The lowest BCUT2D eigenvalue weighted by Crippen LogP contribution is -2.37. The summed E-state index contributed by atoms with van der Waals surface area (Å²) in [4.78, 5) is 32.9. The highest BCUT2D eigenvalue weighted by Gasteiger charge is 2.21. The molecule has 198 valence electrons. The summed E-state index contributed by atoms with van der Waals surface area (Å²) in [6, 6.07) is 14.6. The molecule has 1 N–H and O–H groups in total. The normalized spacial score (nSPS) is 13.7. The number of ether oxygens (including phenoxy) is 2. The molecule has 2 amide bonds. The molecule has 1 heterocycles. The third-order valence-electron chi connectivity index (χ3n) is 5.56. The number of hydrogen-bond acceptors (Lipinski definition) is 8. The number of oxime groups is 1. The Hall–Kier alpha value is -3.92. The minimum Gasteiger partial charge on any atom is -0.493 e. The van der Waals surface area contributed by atoms with E-state index in [4.69, 9.17) is 14.3 Å². The molecule has 2 aromatic carbocycles. The number of hydrazone groups is 1. The quantitative estimate of drug-likeness (QED) is 0.348. The van der Waals surface area contributed by atoms with Crippen molar-refractivity contribution in [3.63, 3.8) is 0 Å². The van der Waals surface area contributed by atoms with E-state index in [1.807, 2.05) is 62.3 Å². The molecule has 0 aliphatic carbocycles. The van der Waals surface area contributed by atoms with Gasteiger partial charge in [-0.2, -0.15) is 5.10 Å². The summed E-state index contributed by atoms with van der Waals surface area (Å²) < 4.78 is 11.0. The molecule has 3 rings (SSSR count). The molecule has 37 heavy (non-hydrogen) atoms. The minimum atomic E-state index is -0.372. The molecule has 0 saturated heterocycles. The first-order valence-electron chi connectivity index (χ1n) is 12.3. The fraction of sp³-hybridized carbons (Fsp3) is 0.407. The van der Waals surface area contributed by atoms with Gasteiger partial charge in [-0.3, -0.25) is 9.59 Å². The smallest absolute Gasteiger partial charge is 0.283 e. The number of likely N-dealkylation sites (N-methyl/N-ethyl adjacent to an activating group) is 1. The molecule has 0 unspecified atom stereocenters. The number of amides is 2. The predicted molar refractivity (Wildman–Crippen MR) is 142 cm³/mol. The van der Waals surface area contributed by atoms with Gasteiger partial charge in [0, 0.05) is 30.8 Å². The largest absolute Gasteiger partial charge is 0.493 e. The molecule has 2 aromatic rings. The maximum Gasteiger partial charge on any atom is 0.283 e. The first-order chi connectivity index (χ1) is 17.9. The van der Waals surface area contributed by atoms with Crippen LogP contribution in [0.15, 0.2) is 58.8 Å².